The zero-order valence-corrected chi connectivity index (χ0v) is 12.8. The van der Waals surface area contributed by atoms with Gasteiger partial charge in [-0.2, -0.15) is 0 Å². The van der Waals surface area contributed by atoms with E-state index in [2.05, 4.69) is 0 Å². The number of hydrogen-bond acceptors (Lipinski definition) is 3. The summed E-state index contributed by atoms with van der Waals surface area (Å²) in [5, 5.41) is 8.91. The first kappa shape index (κ1) is 15.2. The summed E-state index contributed by atoms with van der Waals surface area (Å²) in [6.07, 6.45) is 0.830. The Morgan fingerprint density at radius 2 is 1.95 bits per heavy atom. The van der Waals surface area contributed by atoms with Crippen molar-refractivity contribution in [2.45, 2.75) is 18.8 Å². The van der Waals surface area contributed by atoms with Gasteiger partial charge in [-0.25, -0.2) is 13.6 Å². The van der Waals surface area contributed by atoms with E-state index in [1.165, 1.54) is 0 Å². The number of carbonyl (C=O) groups is 1. The Morgan fingerprint density at radius 1 is 1.32 bits per heavy atom. The molecule has 116 valence electrons. The Morgan fingerprint density at radius 3 is 2.50 bits per heavy atom. The van der Waals surface area contributed by atoms with E-state index in [9.17, 15) is 18.7 Å². The van der Waals surface area contributed by atoms with Crippen LogP contribution in [0.3, 0.4) is 0 Å². The van der Waals surface area contributed by atoms with Crippen LogP contribution in [-0.4, -0.2) is 11.1 Å². The number of halogens is 3. The summed E-state index contributed by atoms with van der Waals surface area (Å²) in [7, 11) is 0. The normalized spacial score (nSPS) is 14.9. The highest BCUT2D eigenvalue weighted by Crippen LogP contribution is 2.56. The fourth-order valence-corrected chi connectivity index (χ4v) is 3.52. The summed E-state index contributed by atoms with van der Waals surface area (Å²) >= 11 is 6.50. The van der Waals surface area contributed by atoms with Gasteiger partial charge >= 0.3 is 5.97 Å². The average molecular weight is 345 g/mol. The summed E-state index contributed by atoms with van der Waals surface area (Å²) < 4.78 is 34.0. The van der Waals surface area contributed by atoms with Gasteiger partial charge in [-0.05, 0) is 25.0 Å². The molecule has 3 nitrogen and oxygen atoms in total. The van der Waals surface area contributed by atoms with Crippen molar-refractivity contribution in [3.63, 3.8) is 0 Å². The predicted molar refractivity (Wildman–Crippen MR) is 79.4 cm³/mol. The van der Waals surface area contributed by atoms with Crippen LogP contribution in [0.1, 0.15) is 27.4 Å². The molecule has 0 radical (unpaired) electrons. The second kappa shape index (κ2) is 5.52. The molecule has 1 aliphatic rings. The molecule has 2 aromatic rings. The van der Waals surface area contributed by atoms with Crippen LogP contribution in [0.15, 0.2) is 30.3 Å². The van der Waals surface area contributed by atoms with Gasteiger partial charge in [0.2, 0.25) is 0 Å². The average Bonchev–Trinajstić information content (AvgIpc) is 3.27. The minimum absolute atomic E-state index is 0.222. The largest absolute Gasteiger partial charge is 0.477 e. The van der Waals surface area contributed by atoms with Gasteiger partial charge in [0.1, 0.15) is 10.8 Å². The molecule has 1 fully saturated rings. The van der Waals surface area contributed by atoms with Crippen LogP contribution in [0.25, 0.3) is 0 Å². The number of hydrogen-bond donors (Lipinski definition) is 1. The molecule has 1 aromatic carbocycles. The molecular weight excluding hydrogens is 334 g/mol. The van der Waals surface area contributed by atoms with Gasteiger partial charge in [0.25, 0.3) is 5.92 Å². The van der Waals surface area contributed by atoms with Crippen LogP contribution in [0.5, 0.6) is 11.5 Å². The van der Waals surface area contributed by atoms with E-state index in [1.54, 1.807) is 30.3 Å². The van der Waals surface area contributed by atoms with Gasteiger partial charge < -0.3 is 9.84 Å². The Bertz CT molecular complexity index is 711. The van der Waals surface area contributed by atoms with Crippen LogP contribution >= 0.6 is 22.9 Å². The summed E-state index contributed by atoms with van der Waals surface area (Å²) in [4.78, 5) is 10.6. The minimum Gasteiger partial charge on any atom is -0.477 e. The third kappa shape index (κ3) is 2.68. The van der Waals surface area contributed by atoms with Crippen molar-refractivity contribution in [1.82, 2.24) is 0 Å². The minimum atomic E-state index is -3.12. The molecule has 1 N–H and O–H groups in total. The third-order valence-corrected chi connectivity index (χ3v) is 5.08. The van der Waals surface area contributed by atoms with E-state index >= 15 is 0 Å². The first-order chi connectivity index (χ1) is 10.4. The number of carboxylic acids is 1. The molecule has 1 saturated carbocycles. The Kier molecular flexibility index (Phi) is 3.82. The topological polar surface area (TPSA) is 46.5 Å². The van der Waals surface area contributed by atoms with Crippen LogP contribution in [0.2, 0.25) is 5.02 Å². The second-order valence-corrected chi connectivity index (χ2v) is 6.42. The number of carboxylic acid groups (broad SMARTS) is 1. The number of benzene rings is 1. The van der Waals surface area contributed by atoms with Crippen LogP contribution in [-0.2, 0) is 5.92 Å². The molecule has 0 aliphatic heterocycles. The summed E-state index contributed by atoms with van der Waals surface area (Å²) in [5.41, 5.74) is 0. The van der Waals surface area contributed by atoms with Crippen molar-refractivity contribution in [2.75, 3.05) is 0 Å². The standard InChI is InChI=1S/C15H11ClF2O3S/c16-10-11(21-9-4-2-1-3-5-9)12(14(19)20)22-13(10)15(17,18)8-6-7-8/h1-5,8H,6-7H2,(H,19,20). The molecule has 0 saturated heterocycles. The maximum absolute atomic E-state index is 14.3. The van der Waals surface area contributed by atoms with Gasteiger partial charge in [0.05, 0.1) is 4.88 Å². The molecule has 0 amide bonds. The molecule has 3 rings (SSSR count). The van der Waals surface area contributed by atoms with Crippen molar-refractivity contribution in [3.05, 3.63) is 45.1 Å². The monoisotopic (exact) mass is 344 g/mol. The third-order valence-electron chi connectivity index (χ3n) is 3.36. The Balaban J connectivity index is 2.04. The van der Waals surface area contributed by atoms with Crippen LogP contribution < -0.4 is 4.74 Å². The molecule has 7 heteroatoms. The molecule has 22 heavy (non-hydrogen) atoms. The van der Waals surface area contributed by atoms with Crippen molar-refractivity contribution >= 4 is 28.9 Å². The highest BCUT2D eigenvalue weighted by atomic mass is 35.5. The van der Waals surface area contributed by atoms with Crippen molar-refractivity contribution in [2.24, 2.45) is 5.92 Å². The van der Waals surface area contributed by atoms with Crippen molar-refractivity contribution in [3.8, 4) is 11.5 Å². The quantitative estimate of drug-likeness (QED) is 0.790. The number of ether oxygens (including phenoxy) is 1. The first-order valence-corrected chi connectivity index (χ1v) is 7.77. The van der Waals surface area contributed by atoms with Gasteiger partial charge in [0, 0.05) is 5.92 Å². The van der Waals surface area contributed by atoms with E-state index in [0.717, 1.165) is 0 Å². The molecular formula is C15H11ClF2O3S. The van der Waals surface area contributed by atoms with Crippen molar-refractivity contribution < 1.29 is 23.4 Å². The lowest BCUT2D eigenvalue weighted by Crippen LogP contribution is -2.14. The number of alkyl halides is 2. The number of para-hydroxylation sites is 1. The summed E-state index contributed by atoms with van der Waals surface area (Å²) in [5.74, 6) is -5.11. The zero-order valence-electron chi connectivity index (χ0n) is 11.2. The highest BCUT2D eigenvalue weighted by Gasteiger charge is 2.51. The van der Waals surface area contributed by atoms with E-state index < -0.39 is 22.7 Å². The SMILES string of the molecule is O=C(O)c1sc(C(F)(F)C2CC2)c(Cl)c1Oc1ccccc1. The maximum atomic E-state index is 14.3. The first-order valence-electron chi connectivity index (χ1n) is 6.58. The fourth-order valence-electron chi connectivity index (χ4n) is 2.08. The van der Waals surface area contributed by atoms with Crippen molar-refractivity contribution in [1.29, 1.82) is 0 Å². The summed E-state index contributed by atoms with van der Waals surface area (Å²) in [6.45, 7) is 0. The van der Waals surface area contributed by atoms with E-state index in [1.807, 2.05) is 0 Å². The van der Waals surface area contributed by atoms with Gasteiger partial charge in [-0.1, -0.05) is 29.8 Å². The van der Waals surface area contributed by atoms with Gasteiger partial charge in [0.15, 0.2) is 10.6 Å². The number of aromatic carboxylic acids is 1. The molecule has 0 atom stereocenters. The zero-order chi connectivity index (χ0) is 15.9. The van der Waals surface area contributed by atoms with Crippen LogP contribution in [0, 0.1) is 5.92 Å². The lowest BCUT2D eigenvalue weighted by atomic mass is 10.2. The van der Waals surface area contributed by atoms with E-state index in [4.69, 9.17) is 16.3 Å². The molecule has 1 heterocycles. The molecule has 0 bridgehead atoms. The number of rotatable bonds is 5. The molecule has 1 aromatic heterocycles. The van der Waals surface area contributed by atoms with Gasteiger partial charge in [-0.15, -0.1) is 11.3 Å². The molecule has 1 aliphatic carbocycles. The predicted octanol–water partition coefficient (Wildman–Crippen LogP) is 5.39. The maximum Gasteiger partial charge on any atom is 0.349 e. The molecule has 0 unspecified atom stereocenters. The molecule has 0 spiro atoms. The fraction of sp³-hybridized carbons (Fsp3) is 0.267. The Labute approximate surface area is 134 Å². The lowest BCUT2D eigenvalue weighted by molar-refractivity contribution is -0.0247. The smallest absolute Gasteiger partial charge is 0.349 e. The summed E-state index contributed by atoms with van der Waals surface area (Å²) in [6, 6.07) is 8.33. The van der Waals surface area contributed by atoms with E-state index in [0.29, 0.717) is 29.9 Å². The van der Waals surface area contributed by atoms with E-state index in [-0.39, 0.29) is 15.6 Å². The lowest BCUT2D eigenvalue weighted by Gasteiger charge is -2.14. The highest BCUT2D eigenvalue weighted by molar-refractivity contribution is 7.15. The number of thiophene rings is 1. The van der Waals surface area contributed by atoms with Crippen LogP contribution in [0.4, 0.5) is 8.78 Å². The van der Waals surface area contributed by atoms with Gasteiger partial charge in [-0.3, -0.25) is 0 Å². The Hall–Kier alpha value is -1.66. The second-order valence-electron chi connectivity index (χ2n) is 5.02.